The molecule has 7 heteroatoms. The molecular formula is C15H14N2O5. The van der Waals surface area contributed by atoms with Crippen molar-refractivity contribution in [3.63, 3.8) is 0 Å². The van der Waals surface area contributed by atoms with Gasteiger partial charge in [0.2, 0.25) is 0 Å². The molecule has 0 amide bonds. The molecule has 0 aromatic heterocycles. The van der Waals surface area contributed by atoms with Crippen LogP contribution in [0.2, 0.25) is 0 Å². The van der Waals surface area contributed by atoms with Crippen LogP contribution in [0.1, 0.15) is 5.56 Å². The molecule has 2 aromatic carbocycles. The molecule has 22 heavy (non-hydrogen) atoms. The molecule has 0 aliphatic rings. The Balaban J connectivity index is 2.09. The molecule has 0 saturated carbocycles. The first-order chi connectivity index (χ1) is 10.5. The number of non-ortho nitro benzene ring substituents is 1. The van der Waals surface area contributed by atoms with Crippen molar-refractivity contribution in [3.05, 3.63) is 64.2 Å². The smallest absolute Gasteiger partial charge is 0.326 e. The SMILES string of the molecule is O=C(O)C(Cc1ccc(O)cc1)Nc1ccc([N+](=O)[O-])cc1. The molecule has 0 saturated heterocycles. The molecule has 0 fully saturated rings. The number of aromatic hydroxyl groups is 1. The Morgan fingerprint density at radius 1 is 1.14 bits per heavy atom. The van der Waals surface area contributed by atoms with Crippen molar-refractivity contribution >= 4 is 17.3 Å². The van der Waals surface area contributed by atoms with Crippen molar-refractivity contribution in [2.75, 3.05) is 5.32 Å². The molecule has 0 aliphatic heterocycles. The zero-order valence-corrected chi connectivity index (χ0v) is 11.5. The molecule has 2 aromatic rings. The lowest BCUT2D eigenvalue weighted by Crippen LogP contribution is -2.31. The average molecular weight is 302 g/mol. The zero-order chi connectivity index (χ0) is 16.1. The third-order valence-corrected chi connectivity index (χ3v) is 3.09. The number of nitro benzene ring substituents is 1. The summed E-state index contributed by atoms with van der Waals surface area (Å²) < 4.78 is 0. The Kier molecular flexibility index (Phi) is 4.57. The Bertz CT molecular complexity index is 667. The van der Waals surface area contributed by atoms with Crippen LogP contribution in [-0.2, 0) is 11.2 Å². The Morgan fingerprint density at radius 2 is 1.73 bits per heavy atom. The minimum Gasteiger partial charge on any atom is -0.508 e. The van der Waals surface area contributed by atoms with Crippen molar-refractivity contribution in [1.29, 1.82) is 0 Å². The van der Waals surface area contributed by atoms with Gasteiger partial charge in [0.25, 0.3) is 5.69 Å². The molecular weight excluding hydrogens is 288 g/mol. The standard InChI is InChI=1S/C15H14N2O5/c18-13-7-1-10(2-8-13)9-14(15(19)20)16-11-3-5-12(6-4-11)17(21)22/h1-8,14,16,18H,9H2,(H,19,20). The maximum atomic E-state index is 11.3. The number of anilines is 1. The van der Waals surface area contributed by atoms with Crippen molar-refractivity contribution in [3.8, 4) is 5.75 Å². The number of nitro groups is 1. The fraction of sp³-hybridized carbons (Fsp3) is 0.133. The normalized spacial score (nSPS) is 11.6. The number of carboxylic acid groups (broad SMARTS) is 1. The van der Waals surface area contributed by atoms with Gasteiger partial charge in [-0.05, 0) is 29.8 Å². The van der Waals surface area contributed by atoms with Crippen LogP contribution in [0, 0.1) is 10.1 Å². The summed E-state index contributed by atoms with van der Waals surface area (Å²) in [4.78, 5) is 21.4. The number of nitrogens with zero attached hydrogens (tertiary/aromatic N) is 1. The highest BCUT2D eigenvalue weighted by molar-refractivity contribution is 5.77. The number of rotatable bonds is 6. The van der Waals surface area contributed by atoms with Crippen LogP contribution in [0.25, 0.3) is 0 Å². The van der Waals surface area contributed by atoms with Gasteiger partial charge in [-0.15, -0.1) is 0 Å². The van der Waals surface area contributed by atoms with Gasteiger partial charge in [-0.25, -0.2) is 4.79 Å². The Morgan fingerprint density at radius 3 is 2.23 bits per heavy atom. The number of hydrogen-bond donors (Lipinski definition) is 3. The van der Waals surface area contributed by atoms with E-state index >= 15 is 0 Å². The number of aliphatic carboxylic acids is 1. The molecule has 3 N–H and O–H groups in total. The van der Waals surface area contributed by atoms with Crippen LogP contribution in [0.4, 0.5) is 11.4 Å². The Labute approximate surface area is 126 Å². The van der Waals surface area contributed by atoms with Gasteiger partial charge in [0.1, 0.15) is 11.8 Å². The van der Waals surface area contributed by atoms with Gasteiger partial charge < -0.3 is 15.5 Å². The summed E-state index contributed by atoms with van der Waals surface area (Å²) in [5.74, 6) is -0.926. The van der Waals surface area contributed by atoms with Crippen LogP contribution < -0.4 is 5.32 Å². The quantitative estimate of drug-likeness (QED) is 0.558. The van der Waals surface area contributed by atoms with Gasteiger partial charge in [0, 0.05) is 24.2 Å². The fourth-order valence-corrected chi connectivity index (χ4v) is 1.95. The third-order valence-electron chi connectivity index (χ3n) is 3.09. The lowest BCUT2D eigenvalue weighted by molar-refractivity contribution is -0.384. The number of nitrogens with one attached hydrogen (secondary N) is 1. The van der Waals surface area contributed by atoms with Gasteiger partial charge in [-0.2, -0.15) is 0 Å². The highest BCUT2D eigenvalue weighted by Crippen LogP contribution is 2.18. The maximum Gasteiger partial charge on any atom is 0.326 e. The zero-order valence-electron chi connectivity index (χ0n) is 11.5. The lowest BCUT2D eigenvalue weighted by Gasteiger charge is -2.15. The summed E-state index contributed by atoms with van der Waals surface area (Å²) in [5.41, 5.74) is 1.17. The van der Waals surface area contributed by atoms with Gasteiger partial charge in [-0.3, -0.25) is 10.1 Å². The molecule has 0 bridgehead atoms. The molecule has 2 rings (SSSR count). The predicted molar refractivity (Wildman–Crippen MR) is 80.0 cm³/mol. The van der Waals surface area contributed by atoms with E-state index in [9.17, 15) is 25.1 Å². The summed E-state index contributed by atoms with van der Waals surface area (Å²) in [6.45, 7) is 0. The highest BCUT2D eigenvalue weighted by atomic mass is 16.6. The monoisotopic (exact) mass is 302 g/mol. The summed E-state index contributed by atoms with van der Waals surface area (Å²) >= 11 is 0. The number of carbonyl (C=O) groups is 1. The first-order valence-corrected chi connectivity index (χ1v) is 6.47. The highest BCUT2D eigenvalue weighted by Gasteiger charge is 2.18. The second-order valence-electron chi connectivity index (χ2n) is 4.71. The number of phenolic OH excluding ortho intramolecular Hbond substituents is 1. The predicted octanol–water partition coefficient (Wildman–Crippen LogP) is 2.41. The second-order valence-corrected chi connectivity index (χ2v) is 4.71. The van der Waals surface area contributed by atoms with Crippen LogP contribution in [0.5, 0.6) is 5.75 Å². The minimum absolute atomic E-state index is 0.0593. The van der Waals surface area contributed by atoms with Gasteiger partial charge in [-0.1, -0.05) is 12.1 Å². The summed E-state index contributed by atoms with van der Waals surface area (Å²) in [7, 11) is 0. The van der Waals surface area contributed by atoms with E-state index in [1.807, 2.05) is 0 Å². The summed E-state index contributed by atoms with van der Waals surface area (Å²) in [5, 5.41) is 31.9. The first-order valence-electron chi connectivity index (χ1n) is 6.47. The van der Waals surface area contributed by atoms with Crippen molar-refractivity contribution < 1.29 is 19.9 Å². The van der Waals surface area contributed by atoms with E-state index in [1.165, 1.54) is 36.4 Å². The molecule has 0 heterocycles. The summed E-state index contributed by atoms with van der Waals surface area (Å²) in [6.07, 6.45) is 0.215. The second kappa shape index (κ2) is 6.57. The van der Waals surface area contributed by atoms with Crippen LogP contribution >= 0.6 is 0 Å². The van der Waals surface area contributed by atoms with E-state index in [2.05, 4.69) is 5.32 Å². The number of carboxylic acids is 1. The van der Waals surface area contributed by atoms with E-state index in [-0.39, 0.29) is 17.9 Å². The number of benzene rings is 2. The molecule has 0 spiro atoms. The molecule has 7 nitrogen and oxygen atoms in total. The first kappa shape index (κ1) is 15.3. The molecule has 1 unspecified atom stereocenters. The van der Waals surface area contributed by atoms with E-state index in [0.717, 1.165) is 5.56 Å². The average Bonchev–Trinajstić information content (AvgIpc) is 2.49. The lowest BCUT2D eigenvalue weighted by atomic mass is 10.1. The molecule has 0 radical (unpaired) electrons. The number of hydrogen-bond acceptors (Lipinski definition) is 5. The third kappa shape index (κ3) is 3.95. The fourth-order valence-electron chi connectivity index (χ4n) is 1.95. The topological polar surface area (TPSA) is 113 Å². The van der Waals surface area contributed by atoms with E-state index < -0.39 is 16.9 Å². The van der Waals surface area contributed by atoms with E-state index in [4.69, 9.17) is 0 Å². The van der Waals surface area contributed by atoms with Crippen LogP contribution in [-0.4, -0.2) is 27.1 Å². The number of phenols is 1. The maximum absolute atomic E-state index is 11.3. The van der Waals surface area contributed by atoms with Crippen molar-refractivity contribution in [2.45, 2.75) is 12.5 Å². The van der Waals surface area contributed by atoms with E-state index in [1.54, 1.807) is 12.1 Å². The van der Waals surface area contributed by atoms with Gasteiger partial charge >= 0.3 is 5.97 Å². The largest absolute Gasteiger partial charge is 0.508 e. The van der Waals surface area contributed by atoms with E-state index in [0.29, 0.717) is 5.69 Å². The Hall–Kier alpha value is -3.09. The van der Waals surface area contributed by atoms with Gasteiger partial charge in [0.15, 0.2) is 0 Å². The van der Waals surface area contributed by atoms with Crippen LogP contribution in [0.3, 0.4) is 0 Å². The molecule has 0 aliphatic carbocycles. The van der Waals surface area contributed by atoms with Crippen LogP contribution in [0.15, 0.2) is 48.5 Å². The minimum atomic E-state index is -1.04. The molecule has 1 atom stereocenters. The van der Waals surface area contributed by atoms with Gasteiger partial charge in [0.05, 0.1) is 4.92 Å². The van der Waals surface area contributed by atoms with Crippen molar-refractivity contribution in [2.24, 2.45) is 0 Å². The van der Waals surface area contributed by atoms with Crippen molar-refractivity contribution in [1.82, 2.24) is 0 Å². The summed E-state index contributed by atoms with van der Waals surface area (Å²) in [6, 6.07) is 10.9. The molecule has 114 valence electrons.